The maximum Gasteiger partial charge on any atom is 0.352 e. The standard InChI is InChI=1S/C13H12FNO3/c1-7(2)15-10-5-8(14)3-4-9(10)12(16)6-11(15)13(17)18/h3-7H,1-2H3,(H,17,18). The van der Waals surface area contributed by atoms with Crippen LogP contribution in [-0.2, 0) is 0 Å². The monoisotopic (exact) mass is 249 g/mol. The molecule has 0 unspecified atom stereocenters. The van der Waals surface area contributed by atoms with Crippen LogP contribution in [0.4, 0.5) is 4.39 Å². The minimum atomic E-state index is -1.20. The molecule has 4 nitrogen and oxygen atoms in total. The summed E-state index contributed by atoms with van der Waals surface area (Å²) in [7, 11) is 0. The maximum absolute atomic E-state index is 13.3. The number of aromatic nitrogens is 1. The molecule has 1 aromatic carbocycles. The summed E-state index contributed by atoms with van der Waals surface area (Å²) < 4.78 is 14.7. The summed E-state index contributed by atoms with van der Waals surface area (Å²) in [5.74, 6) is -1.70. The molecule has 0 bridgehead atoms. The summed E-state index contributed by atoms with van der Waals surface area (Å²) >= 11 is 0. The van der Waals surface area contributed by atoms with E-state index in [0.717, 1.165) is 6.07 Å². The quantitative estimate of drug-likeness (QED) is 0.889. The van der Waals surface area contributed by atoms with Gasteiger partial charge < -0.3 is 9.67 Å². The number of carboxylic acid groups (broad SMARTS) is 1. The summed E-state index contributed by atoms with van der Waals surface area (Å²) in [6.45, 7) is 3.56. The number of nitrogens with zero attached hydrogens (tertiary/aromatic N) is 1. The first-order valence-corrected chi connectivity index (χ1v) is 5.50. The van der Waals surface area contributed by atoms with Gasteiger partial charge >= 0.3 is 5.97 Å². The Balaban J connectivity index is 3.01. The van der Waals surface area contributed by atoms with Crippen LogP contribution in [-0.4, -0.2) is 15.6 Å². The summed E-state index contributed by atoms with van der Waals surface area (Å²) in [6.07, 6.45) is 0. The van der Waals surface area contributed by atoms with Crippen LogP contribution in [0.2, 0.25) is 0 Å². The van der Waals surface area contributed by atoms with E-state index >= 15 is 0 Å². The molecule has 5 heteroatoms. The van der Waals surface area contributed by atoms with E-state index in [9.17, 15) is 14.0 Å². The lowest BCUT2D eigenvalue weighted by atomic mass is 10.1. The van der Waals surface area contributed by atoms with Gasteiger partial charge in [0.15, 0.2) is 5.43 Å². The molecule has 2 aromatic rings. The highest BCUT2D eigenvalue weighted by Gasteiger charge is 2.16. The predicted molar refractivity (Wildman–Crippen MR) is 65.5 cm³/mol. The van der Waals surface area contributed by atoms with Crippen LogP contribution >= 0.6 is 0 Å². The number of rotatable bonds is 2. The summed E-state index contributed by atoms with van der Waals surface area (Å²) in [5.41, 5.74) is -0.248. The van der Waals surface area contributed by atoms with Crippen molar-refractivity contribution >= 4 is 16.9 Å². The zero-order chi connectivity index (χ0) is 13.4. The highest BCUT2D eigenvalue weighted by Crippen LogP contribution is 2.19. The molecule has 0 amide bonds. The van der Waals surface area contributed by atoms with Gasteiger partial charge in [0.1, 0.15) is 11.5 Å². The zero-order valence-electron chi connectivity index (χ0n) is 9.98. The molecule has 0 saturated carbocycles. The molecule has 0 saturated heterocycles. The topological polar surface area (TPSA) is 59.3 Å². The molecule has 94 valence electrons. The fourth-order valence-corrected chi connectivity index (χ4v) is 2.03. The average molecular weight is 249 g/mol. The molecule has 0 aliphatic heterocycles. The normalized spacial score (nSPS) is 11.1. The highest BCUT2D eigenvalue weighted by molar-refractivity contribution is 5.90. The van der Waals surface area contributed by atoms with E-state index in [1.165, 1.54) is 22.8 Å². The van der Waals surface area contributed by atoms with Gasteiger partial charge in [0.25, 0.3) is 0 Å². The number of carboxylic acids is 1. The van der Waals surface area contributed by atoms with E-state index in [1.54, 1.807) is 13.8 Å². The number of hydrogen-bond donors (Lipinski definition) is 1. The van der Waals surface area contributed by atoms with Crippen molar-refractivity contribution in [2.75, 3.05) is 0 Å². The van der Waals surface area contributed by atoms with Gasteiger partial charge in [0.05, 0.1) is 5.52 Å². The fraction of sp³-hybridized carbons (Fsp3) is 0.231. The number of hydrogen-bond acceptors (Lipinski definition) is 2. The van der Waals surface area contributed by atoms with Crippen molar-refractivity contribution in [3.8, 4) is 0 Å². The minimum Gasteiger partial charge on any atom is -0.477 e. The van der Waals surface area contributed by atoms with E-state index in [0.29, 0.717) is 10.9 Å². The Hall–Kier alpha value is -2.17. The largest absolute Gasteiger partial charge is 0.477 e. The number of pyridine rings is 1. The molecule has 0 fully saturated rings. The van der Waals surface area contributed by atoms with E-state index in [-0.39, 0.29) is 11.7 Å². The predicted octanol–water partition coefficient (Wildman–Crippen LogP) is 2.42. The lowest BCUT2D eigenvalue weighted by Gasteiger charge is -2.17. The average Bonchev–Trinajstić information content (AvgIpc) is 2.27. The van der Waals surface area contributed by atoms with Crippen molar-refractivity contribution in [3.05, 3.63) is 46.0 Å². The third-order valence-corrected chi connectivity index (χ3v) is 2.75. The van der Waals surface area contributed by atoms with Crippen molar-refractivity contribution in [2.24, 2.45) is 0 Å². The second-order valence-corrected chi connectivity index (χ2v) is 4.32. The van der Waals surface area contributed by atoms with Crippen molar-refractivity contribution in [1.29, 1.82) is 0 Å². The van der Waals surface area contributed by atoms with Gasteiger partial charge in [0.2, 0.25) is 0 Å². The molecule has 1 heterocycles. The van der Waals surface area contributed by atoms with Crippen LogP contribution in [0, 0.1) is 5.82 Å². The van der Waals surface area contributed by atoms with Crippen LogP contribution in [0.25, 0.3) is 10.9 Å². The molecular formula is C13H12FNO3. The Morgan fingerprint density at radius 3 is 2.56 bits per heavy atom. The van der Waals surface area contributed by atoms with Crippen LogP contribution in [0.15, 0.2) is 29.1 Å². The van der Waals surface area contributed by atoms with Crippen LogP contribution < -0.4 is 5.43 Å². The Labute approximate surface area is 102 Å². The molecule has 0 aliphatic carbocycles. The molecule has 1 aromatic heterocycles. The van der Waals surface area contributed by atoms with Gasteiger partial charge in [-0.25, -0.2) is 9.18 Å². The van der Waals surface area contributed by atoms with Gasteiger partial charge in [-0.1, -0.05) is 0 Å². The number of benzene rings is 1. The van der Waals surface area contributed by atoms with Crippen LogP contribution in [0.3, 0.4) is 0 Å². The van der Waals surface area contributed by atoms with Crippen molar-refractivity contribution in [3.63, 3.8) is 0 Å². The SMILES string of the molecule is CC(C)n1c(C(=O)O)cc(=O)c2ccc(F)cc21. The number of aromatic carboxylic acids is 1. The maximum atomic E-state index is 13.3. The number of halogens is 1. The molecular weight excluding hydrogens is 237 g/mol. The Morgan fingerprint density at radius 1 is 1.33 bits per heavy atom. The molecule has 2 rings (SSSR count). The van der Waals surface area contributed by atoms with Gasteiger partial charge in [-0.2, -0.15) is 0 Å². The fourth-order valence-electron chi connectivity index (χ4n) is 2.03. The van der Waals surface area contributed by atoms with Gasteiger partial charge in [0, 0.05) is 17.5 Å². The van der Waals surface area contributed by atoms with Crippen LogP contribution in [0.1, 0.15) is 30.4 Å². The van der Waals surface area contributed by atoms with Crippen molar-refractivity contribution < 1.29 is 14.3 Å². The summed E-state index contributed by atoms with van der Waals surface area (Å²) in [5, 5.41) is 9.43. The second-order valence-electron chi connectivity index (χ2n) is 4.32. The Bertz CT molecular complexity index is 688. The van der Waals surface area contributed by atoms with Crippen LogP contribution in [0.5, 0.6) is 0 Å². The molecule has 0 radical (unpaired) electrons. The summed E-state index contributed by atoms with van der Waals surface area (Å²) in [4.78, 5) is 22.9. The van der Waals surface area contributed by atoms with E-state index in [1.807, 2.05) is 0 Å². The van der Waals surface area contributed by atoms with E-state index in [4.69, 9.17) is 5.11 Å². The van der Waals surface area contributed by atoms with E-state index < -0.39 is 17.2 Å². The number of carbonyl (C=O) groups is 1. The molecule has 18 heavy (non-hydrogen) atoms. The second kappa shape index (κ2) is 4.25. The third kappa shape index (κ3) is 1.88. The molecule has 0 atom stereocenters. The van der Waals surface area contributed by atoms with E-state index in [2.05, 4.69) is 0 Å². The summed E-state index contributed by atoms with van der Waals surface area (Å²) in [6, 6.07) is 4.62. The third-order valence-electron chi connectivity index (χ3n) is 2.75. The van der Waals surface area contributed by atoms with Crippen molar-refractivity contribution in [2.45, 2.75) is 19.9 Å². The first-order chi connectivity index (χ1) is 8.41. The van der Waals surface area contributed by atoms with Gasteiger partial charge in [-0.3, -0.25) is 4.79 Å². The van der Waals surface area contributed by atoms with Gasteiger partial charge in [-0.15, -0.1) is 0 Å². The lowest BCUT2D eigenvalue weighted by molar-refractivity contribution is 0.0683. The smallest absolute Gasteiger partial charge is 0.352 e. The minimum absolute atomic E-state index is 0.131. The molecule has 0 aliphatic rings. The first kappa shape index (κ1) is 12.3. The molecule has 0 spiro atoms. The lowest BCUT2D eigenvalue weighted by Crippen LogP contribution is -2.19. The molecule has 1 N–H and O–H groups in total. The Kier molecular flexibility index (Phi) is 2.90. The highest BCUT2D eigenvalue weighted by atomic mass is 19.1. The number of fused-ring (bicyclic) bond motifs is 1. The van der Waals surface area contributed by atoms with Crippen molar-refractivity contribution in [1.82, 2.24) is 4.57 Å². The first-order valence-electron chi connectivity index (χ1n) is 5.50. The zero-order valence-corrected chi connectivity index (χ0v) is 9.98. The van der Waals surface area contributed by atoms with Gasteiger partial charge in [-0.05, 0) is 32.0 Å². The Morgan fingerprint density at radius 2 is 2.00 bits per heavy atom.